The molecule has 2 fully saturated rings. The van der Waals surface area contributed by atoms with Crippen LogP contribution in [0.3, 0.4) is 0 Å². The number of hydrogen-bond acceptors (Lipinski definition) is 5. The molecular formula is C25H31N5O. The maximum absolute atomic E-state index is 13.3. The van der Waals surface area contributed by atoms with Gasteiger partial charge in [0.1, 0.15) is 0 Å². The maximum atomic E-state index is 13.3. The molecular weight excluding hydrogens is 386 g/mol. The molecule has 6 nitrogen and oxygen atoms in total. The minimum absolute atomic E-state index is 0.171. The molecule has 1 amide bonds. The van der Waals surface area contributed by atoms with E-state index in [2.05, 4.69) is 49.3 Å². The van der Waals surface area contributed by atoms with Crippen molar-refractivity contribution in [1.82, 2.24) is 20.0 Å². The zero-order valence-corrected chi connectivity index (χ0v) is 18.3. The maximum Gasteiger partial charge on any atom is 0.225 e. The average Bonchev–Trinajstić information content (AvgIpc) is 3.14. The second kappa shape index (κ2) is 8.50. The van der Waals surface area contributed by atoms with Gasteiger partial charge in [0.2, 0.25) is 5.91 Å². The largest absolute Gasteiger partial charge is 0.342 e. The summed E-state index contributed by atoms with van der Waals surface area (Å²) in [7, 11) is 1.90. The van der Waals surface area contributed by atoms with Crippen LogP contribution in [-0.2, 0) is 16.8 Å². The van der Waals surface area contributed by atoms with Gasteiger partial charge in [0.15, 0.2) is 0 Å². The van der Waals surface area contributed by atoms with Crippen LogP contribution in [0.1, 0.15) is 48.8 Å². The number of benzene rings is 1. The van der Waals surface area contributed by atoms with E-state index in [4.69, 9.17) is 0 Å². The zero-order valence-electron chi connectivity index (χ0n) is 18.3. The van der Waals surface area contributed by atoms with Crippen LogP contribution in [0, 0.1) is 5.92 Å². The van der Waals surface area contributed by atoms with Crippen molar-refractivity contribution in [1.29, 1.82) is 0 Å². The molecule has 1 aliphatic carbocycles. The summed E-state index contributed by atoms with van der Waals surface area (Å²) in [4.78, 5) is 22.4. The lowest BCUT2D eigenvalue weighted by atomic mass is 9.73. The highest BCUT2D eigenvalue weighted by Crippen LogP contribution is 2.46. The molecule has 6 heteroatoms. The minimum atomic E-state index is 0.171. The van der Waals surface area contributed by atoms with E-state index < -0.39 is 0 Å². The van der Waals surface area contributed by atoms with Gasteiger partial charge in [-0.1, -0.05) is 24.3 Å². The first-order chi connectivity index (χ1) is 15.2. The lowest BCUT2D eigenvalue weighted by Crippen LogP contribution is -2.48. The number of aliphatic imine (C=N–C) groups is 1. The predicted molar refractivity (Wildman–Crippen MR) is 121 cm³/mol. The van der Waals surface area contributed by atoms with Crippen molar-refractivity contribution in [3.8, 4) is 0 Å². The Kier molecular flexibility index (Phi) is 5.57. The van der Waals surface area contributed by atoms with E-state index in [-0.39, 0.29) is 11.3 Å². The number of carbonyl (C=O) groups excluding carboxylic acids is 1. The van der Waals surface area contributed by atoms with E-state index in [1.165, 1.54) is 22.4 Å². The lowest BCUT2D eigenvalue weighted by molar-refractivity contribution is -0.138. The van der Waals surface area contributed by atoms with E-state index in [0.717, 1.165) is 64.8 Å². The fourth-order valence-corrected chi connectivity index (χ4v) is 5.77. The van der Waals surface area contributed by atoms with Crippen LogP contribution < -0.4 is 0 Å². The van der Waals surface area contributed by atoms with Crippen molar-refractivity contribution in [3.63, 3.8) is 0 Å². The molecule has 1 aromatic heterocycles. The molecule has 0 unspecified atom stereocenters. The van der Waals surface area contributed by atoms with Gasteiger partial charge in [0.05, 0.1) is 6.20 Å². The van der Waals surface area contributed by atoms with Gasteiger partial charge in [-0.3, -0.25) is 14.7 Å². The second-order valence-electron chi connectivity index (χ2n) is 9.30. The van der Waals surface area contributed by atoms with Gasteiger partial charge in [0.25, 0.3) is 0 Å². The molecule has 0 radical (unpaired) electrons. The van der Waals surface area contributed by atoms with E-state index >= 15 is 0 Å². The molecule has 0 bridgehead atoms. The first-order valence-electron chi connectivity index (χ1n) is 11.5. The van der Waals surface area contributed by atoms with Crippen molar-refractivity contribution in [2.24, 2.45) is 10.9 Å². The summed E-state index contributed by atoms with van der Waals surface area (Å²) in [6.07, 6.45) is 8.59. The fraction of sp³-hybridized carbons (Fsp3) is 0.520. The second-order valence-corrected chi connectivity index (χ2v) is 9.30. The quantitative estimate of drug-likeness (QED) is 0.770. The number of hydrogen-bond donors (Lipinski definition) is 0. The average molecular weight is 418 g/mol. The molecule has 1 aromatic carbocycles. The van der Waals surface area contributed by atoms with Crippen LogP contribution in [-0.4, -0.2) is 64.8 Å². The molecule has 3 aliphatic rings. The molecule has 3 heterocycles. The molecule has 0 saturated carbocycles. The number of piperidine rings is 2. The molecule has 5 rings (SSSR count). The summed E-state index contributed by atoms with van der Waals surface area (Å²) in [5.41, 5.74) is 5.35. The summed E-state index contributed by atoms with van der Waals surface area (Å²) >= 11 is 0. The number of rotatable bonds is 3. The Morgan fingerprint density at radius 2 is 1.87 bits per heavy atom. The smallest absolute Gasteiger partial charge is 0.225 e. The number of likely N-dealkylation sites (tertiary alicyclic amines) is 2. The molecule has 2 aromatic rings. The van der Waals surface area contributed by atoms with Crippen molar-refractivity contribution >= 4 is 11.6 Å². The number of aromatic nitrogens is 2. The molecule has 2 aliphatic heterocycles. The Morgan fingerprint density at radius 1 is 1.10 bits per heavy atom. The standard InChI is InChI=1S/C25H31N5O/c1-26-23-16-25(22-5-3-2-4-21(22)23)9-14-30(15-10-25)24(31)20-7-12-29(13-8-20)18-19-6-11-27-28-17-19/h2-6,11,17,20H,7-10,12-16,18H2,1H3. The van der Waals surface area contributed by atoms with Crippen LogP contribution in [0.2, 0.25) is 0 Å². The van der Waals surface area contributed by atoms with Gasteiger partial charge >= 0.3 is 0 Å². The highest BCUT2D eigenvalue weighted by Gasteiger charge is 2.45. The number of nitrogens with zero attached hydrogens (tertiary/aromatic N) is 5. The summed E-state index contributed by atoms with van der Waals surface area (Å²) in [5.74, 6) is 0.542. The third-order valence-corrected chi connectivity index (χ3v) is 7.61. The topological polar surface area (TPSA) is 61.7 Å². The summed E-state index contributed by atoms with van der Waals surface area (Å²) in [6, 6.07) is 10.8. The van der Waals surface area contributed by atoms with Gasteiger partial charge in [-0.15, -0.1) is 0 Å². The third-order valence-electron chi connectivity index (χ3n) is 7.61. The number of carbonyl (C=O) groups is 1. The van der Waals surface area contributed by atoms with Gasteiger partial charge in [-0.25, -0.2) is 0 Å². The van der Waals surface area contributed by atoms with Crippen molar-refractivity contribution < 1.29 is 4.79 Å². The monoisotopic (exact) mass is 417 g/mol. The highest BCUT2D eigenvalue weighted by molar-refractivity contribution is 6.06. The van der Waals surface area contributed by atoms with Crippen molar-refractivity contribution in [3.05, 3.63) is 59.4 Å². The predicted octanol–water partition coefficient (Wildman–Crippen LogP) is 3.07. The molecule has 1 spiro atoms. The normalized spacial score (nSPS) is 22.7. The third kappa shape index (κ3) is 3.89. The van der Waals surface area contributed by atoms with E-state index in [1.807, 2.05) is 19.3 Å². The van der Waals surface area contributed by atoms with Crippen LogP contribution in [0.25, 0.3) is 0 Å². The minimum Gasteiger partial charge on any atom is -0.342 e. The van der Waals surface area contributed by atoms with Crippen LogP contribution >= 0.6 is 0 Å². The van der Waals surface area contributed by atoms with Crippen LogP contribution in [0.5, 0.6) is 0 Å². The summed E-state index contributed by atoms with van der Waals surface area (Å²) in [6.45, 7) is 4.57. The lowest BCUT2D eigenvalue weighted by Gasteiger charge is -2.42. The Bertz CT molecular complexity index is 957. The molecule has 0 N–H and O–H groups in total. The van der Waals surface area contributed by atoms with E-state index in [1.54, 1.807) is 6.20 Å². The molecule has 162 valence electrons. The first-order valence-corrected chi connectivity index (χ1v) is 11.5. The highest BCUT2D eigenvalue weighted by atomic mass is 16.2. The van der Waals surface area contributed by atoms with Gasteiger partial charge in [0, 0.05) is 49.9 Å². The Labute approximate surface area is 184 Å². The number of amides is 1. The molecule has 0 atom stereocenters. The summed E-state index contributed by atoms with van der Waals surface area (Å²) in [5, 5.41) is 7.81. The Hall–Kier alpha value is -2.60. The zero-order chi connectivity index (χ0) is 21.3. The van der Waals surface area contributed by atoms with Gasteiger partial charge < -0.3 is 4.90 Å². The Morgan fingerprint density at radius 3 is 2.58 bits per heavy atom. The molecule has 31 heavy (non-hydrogen) atoms. The molecule has 2 saturated heterocycles. The first kappa shape index (κ1) is 20.3. The Balaban J connectivity index is 1.17. The van der Waals surface area contributed by atoms with Crippen molar-refractivity contribution in [2.75, 3.05) is 33.2 Å². The summed E-state index contributed by atoms with van der Waals surface area (Å²) < 4.78 is 0. The van der Waals surface area contributed by atoms with Crippen molar-refractivity contribution in [2.45, 2.75) is 44.1 Å². The SMILES string of the molecule is CN=C1CC2(CCN(C(=O)C3CCN(Cc4ccnnc4)CC3)CC2)c2ccccc21. The van der Waals surface area contributed by atoms with Crippen LogP contribution in [0.15, 0.2) is 47.7 Å². The van der Waals surface area contributed by atoms with E-state index in [0.29, 0.717) is 5.91 Å². The van der Waals surface area contributed by atoms with Gasteiger partial charge in [-0.2, -0.15) is 10.2 Å². The fourth-order valence-electron chi connectivity index (χ4n) is 5.77. The van der Waals surface area contributed by atoms with Crippen LogP contribution in [0.4, 0.5) is 0 Å². The van der Waals surface area contributed by atoms with Gasteiger partial charge in [-0.05, 0) is 68.0 Å². The van der Waals surface area contributed by atoms with E-state index in [9.17, 15) is 4.79 Å². The number of fused-ring (bicyclic) bond motifs is 2.